The zero-order chi connectivity index (χ0) is 16.9. The highest BCUT2D eigenvalue weighted by Gasteiger charge is 2.47. The Labute approximate surface area is 126 Å². The summed E-state index contributed by atoms with van der Waals surface area (Å²) in [7, 11) is 1.16. The van der Waals surface area contributed by atoms with E-state index in [4.69, 9.17) is 18.9 Å². The lowest BCUT2D eigenvalue weighted by Crippen LogP contribution is -2.55. The molecule has 1 rings (SSSR count). The molecule has 0 radical (unpaired) electrons. The number of ether oxygens (including phenoxy) is 5. The van der Waals surface area contributed by atoms with Crippen molar-refractivity contribution < 1.29 is 42.9 Å². The van der Waals surface area contributed by atoms with E-state index >= 15 is 0 Å². The van der Waals surface area contributed by atoms with Crippen molar-refractivity contribution in [2.45, 2.75) is 51.8 Å². The largest absolute Gasteiger partial charge is 0.467 e. The summed E-state index contributed by atoms with van der Waals surface area (Å²) in [5.74, 6) is -2.77. The van der Waals surface area contributed by atoms with E-state index < -0.39 is 48.5 Å². The van der Waals surface area contributed by atoms with Gasteiger partial charge in [0, 0.05) is 27.2 Å². The lowest BCUT2D eigenvalue weighted by molar-refractivity contribution is -0.267. The number of hydrogen-bond acceptors (Lipinski definition) is 9. The minimum atomic E-state index is -1.39. The highest BCUT2D eigenvalue weighted by Crippen LogP contribution is 2.27. The molecule has 0 bridgehead atoms. The molecular weight excluding hydrogens is 300 g/mol. The van der Waals surface area contributed by atoms with Crippen LogP contribution in [0.5, 0.6) is 0 Å². The molecule has 0 N–H and O–H groups in total. The smallest absolute Gasteiger partial charge is 0.335 e. The average molecular weight is 318 g/mol. The van der Waals surface area contributed by atoms with Crippen LogP contribution in [0.4, 0.5) is 0 Å². The Bertz CT molecular complexity index is 432. The minimum absolute atomic E-state index is 0.0953. The fraction of sp³-hybridized carbons (Fsp3) is 0.692. The van der Waals surface area contributed by atoms with Gasteiger partial charge in [0.1, 0.15) is 6.10 Å². The molecule has 0 amide bonds. The zero-order valence-corrected chi connectivity index (χ0v) is 12.7. The zero-order valence-electron chi connectivity index (χ0n) is 12.7. The molecule has 22 heavy (non-hydrogen) atoms. The molecule has 0 aromatic rings. The summed E-state index contributed by atoms with van der Waals surface area (Å²) in [6.07, 6.45) is -4.79. The maximum absolute atomic E-state index is 11.6. The number of esters is 4. The van der Waals surface area contributed by atoms with Gasteiger partial charge in [0.2, 0.25) is 12.4 Å². The third kappa shape index (κ3) is 4.99. The molecule has 0 spiro atoms. The van der Waals surface area contributed by atoms with Crippen molar-refractivity contribution in [2.24, 2.45) is 0 Å². The Balaban J connectivity index is 3.03. The van der Waals surface area contributed by atoms with Crippen LogP contribution in [0.3, 0.4) is 0 Å². The van der Waals surface area contributed by atoms with Gasteiger partial charge in [0.15, 0.2) is 6.10 Å². The number of rotatable bonds is 4. The van der Waals surface area contributed by atoms with E-state index in [0.29, 0.717) is 0 Å². The number of carbonyl (C=O) groups is 4. The lowest BCUT2D eigenvalue weighted by atomic mass is 10.0. The average Bonchev–Trinajstić information content (AvgIpc) is 2.39. The van der Waals surface area contributed by atoms with Gasteiger partial charge >= 0.3 is 23.9 Å². The van der Waals surface area contributed by atoms with Crippen LogP contribution in [-0.2, 0) is 42.9 Å². The van der Waals surface area contributed by atoms with Crippen molar-refractivity contribution in [2.75, 3.05) is 7.11 Å². The van der Waals surface area contributed by atoms with Crippen LogP contribution >= 0.6 is 0 Å². The Kier molecular flexibility index (Phi) is 6.29. The number of carbonyl (C=O) groups excluding carboxylic acids is 4. The first-order valence-electron chi connectivity index (χ1n) is 6.49. The fourth-order valence-electron chi connectivity index (χ4n) is 2.01. The second kappa shape index (κ2) is 7.74. The van der Waals surface area contributed by atoms with Crippen molar-refractivity contribution in [3.05, 3.63) is 0 Å². The van der Waals surface area contributed by atoms with Gasteiger partial charge in [-0.2, -0.15) is 0 Å². The van der Waals surface area contributed by atoms with Crippen LogP contribution in [0.1, 0.15) is 27.2 Å². The van der Waals surface area contributed by atoms with Crippen LogP contribution in [0.15, 0.2) is 0 Å². The fourth-order valence-corrected chi connectivity index (χ4v) is 2.01. The topological polar surface area (TPSA) is 114 Å². The molecule has 0 aromatic carbocycles. The molecular formula is C13H18O9. The molecule has 1 fully saturated rings. The molecule has 0 unspecified atom stereocenters. The first-order valence-corrected chi connectivity index (χ1v) is 6.49. The van der Waals surface area contributed by atoms with Crippen molar-refractivity contribution in [1.82, 2.24) is 0 Å². The van der Waals surface area contributed by atoms with Gasteiger partial charge < -0.3 is 23.7 Å². The maximum Gasteiger partial charge on any atom is 0.335 e. The molecule has 9 nitrogen and oxygen atoms in total. The van der Waals surface area contributed by atoms with E-state index in [-0.39, 0.29) is 6.42 Å². The second-order valence-electron chi connectivity index (χ2n) is 4.58. The minimum Gasteiger partial charge on any atom is -0.467 e. The molecule has 124 valence electrons. The third-order valence-corrected chi connectivity index (χ3v) is 2.75. The summed E-state index contributed by atoms with van der Waals surface area (Å²) in [5, 5.41) is 0. The quantitative estimate of drug-likeness (QED) is 0.509. The van der Waals surface area contributed by atoms with Crippen LogP contribution < -0.4 is 0 Å². The number of methoxy groups -OCH3 is 1. The molecule has 9 heteroatoms. The highest BCUT2D eigenvalue weighted by atomic mass is 16.7. The molecule has 0 aromatic heterocycles. The van der Waals surface area contributed by atoms with Crippen molar-refractivity contribution in [3.63, 3.8) is 0 Å². The monoisotopic (exact) mass is 318 g/mol. The predicted octanol–water partition coefficient (Wildman–Crippen LogP) is -0.299. The SMILES string of the molecule is COC(=O)[C@@H]1C[C@H](OC(C)=O)[C@H](OC(C)=O)[C@@H](OC(C)=O)O1. The van der Waals surface area contributed by atoms with Crippen LogP contribution in [0.25, 0.3) is 0 Å². The molecule has 1 saturated heterocycles. The first-order chi connectivity index (χ1) is 10.2. The standard InChI is InChI=1S/C13H18O9/c1-6(14)19-9-5-10(12(17)18-4)22-13(21-8(3)16)11(9)20-7(2)15/h9-11,13H,5H2,1-4H3/t9-,10-,11-,13-/m0/s1. The van der Waals surface area contributed by atoms with Gasteiger partial charge in [-0.1, -0.05) is 0 Å². The summed E-state index contributed by atoms with van der Waals surface area (Å²) in [6.45, 7) is 3.42. The van der Waals surface area contributed by atoms with Crippen molar-refractivity contribution in [1.29, 1.82) is 0 Å². The van der Waals surface area contributed by atoms with Gasteiger partial charge in [-0.15, -0.1) is 0 Å². The second-order valence-corrected chi connectivity index (χ2v) is 4.58. The number of hydrogen-bond donors (Lipinski definition) is 0. The van der Waals surface area contributed by atoms with E-state index in [0.717, 1.165) is 27.9 Å². The predicted molar refractivity (Wildman–Crippen MR) is 68.2 cm³/mol. The van der Waals surface area contributed by atoms with E-state index in [2.05, 4.69) is 4.74 Å². The Hall–Kier alpha value is -2.16. The van der Waals surface area contributed by atoms with Gasteiger partial charge in [-0.05, 0) is 0 Å². The van der Waals surface area contributed by atoms with Gasteiger partial charge in [-0.3, -0.25) is 14.4 Å². The Morgan fingerprint density at radius 2 is 1.45 bits per heavy atom. The molecule has 0 aliphatic carbocycles. The lowest BCUT2D eigenvalue weighted by Gasteiger charge is -2.38. The maximum atomic E-state index is 11.6. The summed E-state index contributed by atoms with van der Waals surface area (Å²) in [6, 6.07) is 0. The van der Waals surface area contributed by atoms with Crippen molar-refractivity contribution in [3.8, 4) is 0 Å². The highest BCUT2D eigenvalue weighted by molar-refractivity contribution is 5.75. The van der Waals surface area contributed by atoms with E-state index in [1.807, 2.05) is 0 Å². The first kappa shape index (κ1) is 17.9. The Morgan fingerprint density at radius 1 is 0.909 bits per heavy atom. The molecule has 0 saturated carbocycles. The molecule has 1 aliphatic heterocycles. The molecule has 4 atom stereocenters. The molecule has 1 heterocycles. The van der Waals surface area contributed by atoms with Gasteiger partial charge in [0.05, 0.1) is 7.11 Å². The molecule has 1 aliphatic rings. The summed E-state index contributed by atoms with van der Waals surface area (Å²) in [5.41, 5.74) is 0. The van der Waals surface area contributed by atoms with E-state index in [1.165, 1.54) is 0 Å². The van der Waals surface area contributed by atoms with Crippen LogP contribution in [0, 0.1) is 0 Å². The van der Waals surface area contributed by atoms with Crippen LogP contribution in [-0.4, -0.2) is 55.6 Å². The summed E-state index contributed by atoms with van der Waals surface area (Å²) >= 11 is 0. The van der Waals surface area contributed by atoms with Crippen LogP contribution in [0.2, 0.25) is 0 Å². The normalized spacial score (nSPS) is 27.5. The van der Waals surface area contributed by atoms with E-state index in [1.54, 1.807) is 0 Å². The summed E-state index contributed by atoms with van der Waals surface area (Å²) < 4.78 is 24.8. The van der Waals surface area contributed by atoms with Crippen molar-refractivity contribution >= 4 is 23.9 Å². The summed E-state index contributed by atoms with van der Waals surface area (Å²) in [4.78, 5) is 45.2. The van der Waals surface area contributed by atoms with Gasteiger partial charge in [-0.25, -0.2) is 4.79 Å². The third-order valence-electron chi connectivity index (χ3n) is 2.75. The van der Waals surface area contributed by atoms with Gasteiger partial charge in [0.25, 0.3) is 0 Å². The Morgan fingerprint density at radius 3 is 1.91 bits per heavy atom. The van der Waals surface area contributed by atoms with E-state index in [9.17, 15) is 19.2 Å².